The lowest BCUT2D eigenvalue weighted by Crippen LogP contribution is -2.06. The summed E-state index contributed by atoms with van der Waals surface area (Å²) in [5, 5.41) is 0. The molecule has 0 aliphatic heterocycles. The van der Waals surface area contributed by atoms with E-state index in [9.17, 15) is 0 Å². The molecule has 1 aliphatic rings. The zero-order chi connectivity index (χ0) is 9.80. The topological polar surface area (TPSA) is 26.0 Å². The molecule has 2 rings (SSSR count). The second-order valence-corrected chi connectivity index (χ2v) is 6.64. The van der Waals surface area contributed by atoms with Crippen LogP contribution in [0, 0.1) is 5.41 Å². The maximum absolute atomic E-state index is 5.98. The minimum atomic E-state index is 0.244. The van der Waals surface area contributed by atoms with E-state index in [1.807, 2.05) is 0 Å². The molecular formula is C9H11BrClNS. The predicted molar refractivity (Wildman–Crippen MR) is 61.5 cm³/mol. The molecule has 1 aromatic rings. The Balaban J connectivity index is 2.29. The van der Waals surface area contributed by atoms with Crippen LogP contribution in [0.25, 0.3) is 0 Å². The highest BCUT2D eigenvalue weighted by atomic mass is 79.9. The van der Waals surface area contributed by atoms with Crippen LogP contribution in [-0.2, 0) is 0 Å². The summed E-state index contributed by atoms with van der Waals surface area (Å²) in [4.78, 5) is 1.30. The second-order valence-electron chi connectivity index (χ2n) is 4.10. The van der Waals surface area contributed by atoms with E-state index in [-0.39, 0.29) is 11.5 Å². The molecule has 0 amide bonds. The molecule has 0 saturated heterocycles. The van der Waals surface area contributed by atoms with Gasteiger partial charge in [0.1, 0.15) is 4.34 Å². The number of hydrogen-bond acceptors (Lipinski definition) is 2. The van der Waals surface area contributed by atoms with Crippen molar-refractivity contribution in [3.8, 4) is 0 Å². The number of halogens is 2. The Hall–Kier alpha value is 0.430. The van der Waals surface area contributed by atoms with Crippen LogP contribution in [0.4, 0.5) is 0 Å². The van der Waals surface area contributed by atoms with Gasteiger partial charge in [-0.2, -0.15) is 0 Å². The molecule has 1 nitrogen and oxygen atoms in total. The first kappa shape index (κ1) is 9.97. The zero-order valence-corrected chi connectivity index (χ0v) is 10.6. The predicted octanol–water partition coefficient (Wildman–Crippen LogP) is 3.61. The molecular weight excluding hydrogens is 270 g/mol. The summed E-state index contributed by atoms with van der Waals surface area (Å²) >= 11 is 11.0. The highest BCUT2D eigenvalue weighted by Crippen LogP contribution is 2.59. The third-order valence-corrected chi connectivity index (χ3v) is 5.44. The molecule has 2 atom stereocenters. The van der Waals surface area contributed by atoms with E-state index in [0.29, 0.717) is 5.92 Å². The first-order chi connectivity index (χ1) is 5.94. The van der Waals surface area contributed by atoms with Gasteiger partial charge in [0.05, 0.1) is 0 Å². The highest BCUT2D eigenvalue weighted by Gasteiger charge is 2.56. The lowest BCUT2D eigenvalue weighted by molar-refractivity contribution is 0.601. The minimum absolute atomic E-state index is 0.244. The molecule has 72 valence electrons. The summed E-state index contributed by atoms with van der Waals surface area (Å²) in [5.41, 5.74) is 6.23. The smallest absolute Gasteiger partial charge is 0.107 e. The van der Waals surface area contributed by atoms with Gasteiger partial charge in [-0.05, 0) is 27.4 Å². The van der Waals surface area contributed by atoms with Crippen molar-refractivity contribution < 1.29 is 0 Å². The molecule has 1 heterocycles. The third kappa shape index (κ3) is 1.46. The normalized spacial score (nSPS) is 30.5. The Morgan fingerprint density at radius 2 is 2.15 bits per heavy atom. The van der Waals surface area contributed by atoms with E-state index >= 15 is 0 Å². The van der Waals surface area contributed by atoms with Crippen LogP contribution in [0.3, 0.4) is 0 Å². The van der Waals surface area contributed by atoms with Crippen LogP contribution in [0.15, 0.2) is 10.5 Å². The third-order valence-electron chi connectivity index (χ3n) is 2.88. The van der Waals surface area contributed by atoms with Crippen LogP contribution in [0.2, 0.25) is 4.34 Å². The van der Waals surface area contributed by atoms with Gasteiger partial charge in [-0.1, -0.05) is 25.4 Å². The standard InChI is InChI=1S/C9H11BrClNS/c1-9(2)6(7(9)12)5-3-4(10)8(11)13-5/h3,6-7H,12H2,1-2H3. The van der Waals surface area contributed by atoms with Crippen molar-refractivity contribution in [3.63, 3.8) is 0 Å². The molecule has 2 N–H and O–H groups in total. The number of nitrogens with two attached hydrogens (primary N) is 1. The van der Waals surface area contributed by atoms with Crippen molar-refractivity contribution in [1.82, 2.24) is 0 Å². The maximum Gasteiger partial charge on any atom is 0.107 e. The molecule has 1 fully saturated rings. The Labute approximate surface area is 95.4 Å². The van der Waals surface area contributed by atoms with E-state index < -0.39 is 0 Å². The van der Waals surface area contributed by atoms with Crippen molar-refractivity contribution in [2.24, 2.45) is 11.1 Å². The fourth-order valence-electron chi connectivity index (χ4n) is 1.74. The van der Waals surface area contributed by atoms with Gasteiger partial charge in [0.15, 0.2) is 0 Å². The largest absolute Gasteiger partial charge is 0.327 e. The van der Waals surface area contributed by atoms with Crippen molar-refractivity contribution in [1.29, 1.82) is 0 Å². The molecule has 0 bridgehead atoms. The molecule has 0 radical (unpaired) electrons. The molecule has 1 aliphatic carbocycles. The quantitative estimate of drug-likeness (QED) is 0.835. The molecule has 4 heteroatoms. The maximum atomic E-state index is 5.98. The first-order valence-electron chi connectivity index (χ1n) is 4.15. The monoisotopic (exact) mass is 279 g/mol. The molecule has 2 unspecified atom stereocenters. The molecule has 1 saturated carbocycles. The van der Waals surface area contributed by atoms with Gasteiger partial charge >= 0.3 is 0 Å². The second kappa shape index (κ2) is 2.96. The Kier molecular flexibility index (Phi) is 2.27. The molecule has 0 spiro atoms. The fourth-order valence-corrected chi connectivity index (χ4v) is 3.82. The van der Waals surface area contributed by atoms with Gasteiger partial charge in [0, 0.05) is 21.3 Å². The number of hydrogen-bond donors (Lipinski definition) is 1. The Bertz CT molecular complexity index is 328. The van der Waals surface area contributed by atoms with E-state index in [1.165, 1.54) is 4.88 Å². The Morgan fingerprint density at radius 1 is 1.62 bits per heavy atom. The van der Waals surface area contributed by atoms with Crippen LogP contribution in [0.5, 0.6) is 0 Å². The summed E-state index contributed by atoms with van der Waals surface area (Å²) in [5.74, 6) is 0.487. The lowest BCUT2D eigenvalue weighted by Gasteiger charge is -1.97. The lowest BCUT2D eigenvalue weighted by atomic mass is 10.1. The van der Waals surface area contributed by atoms with Gasteiger partial charge in [0.2, 0.25) is 0 Å². The minimum Gasteiger partial charge on any atom is -0.327 e. The van der Waals surface area contributed by atoms with Crippen LogP contribution in [-0.4, -0.2) is 6.04 Å². The Morgan fingerprint density at radius 3 is 2.46 bits per heavy atom. The average Bonchev–Trinajstić information content (AvgIpc) is 2.34. The summed E-state index contributed by atoms with van der Waals surface area (Å²) < 4.78 is 1.81. The average molecular weight is 281 g/mol. The fraction of sp³-hybridized carbons (Fsp3) is 0.556. The van der Waals surface area contributed by atoms with Crippen LogP contribution in [0.1, 0.15) is 24.6 Å². The number of rotatable bonds is 1. The zero-order valence-electron chi connectivity index (χ0n) is 7.47. The van der Waals surface area contributed by atoms with Gasteiger partial charge in [-0.3, -0.25) is 0 Å². The van der Waals surface area contributed by atoms with Crippen molar-refractivity contribution in [2.45, 2.75) is 25.8 Å². The van der Waals surface area contributed by atoms with E-state index in [2.05, 4.69) is 35.8 Å². The van der Waals surface area contributed by atoms with Crippen LogP contribution < -0.4 is 5.73 Å². The van der Waals surface area contributed by atoms with Gasteiger partial charge < -0.3 is 5.73 Å². The SMILES string of the molecule is CC1(C)C(N)C1c1cc(Br)c(Cl)s1. The van der Waals surface area contributed by atoms with E-state index in [4.69, 9.17) is 17.3 Å². The highest BCUT2D eigenvalue weighted by molar-refractivity contribution is 9.10. The summed E-state index contributed by atoms with van der Waals surface area (Å²) in [7, 11) is 0. The van der Waals surface area contributed by atoms with E-state index in [0.717, 1.165) is 8.81 Å². The summed E-state index contributed by atoms with van der Waals surface area (Å²) in [6.07, 6.45) is 0. The van der Waals surface area contributed by atoms with Gasteiger partial charge in [-0.25, -0.2) is 0 Å². The van der Waals surface area contributed by atoms with Gasteiger partial charge in [0.25, 0.3) is 0 Å². The number of thiophene rings is 1. The molecule has 1 aromatic heterocycles. The van der Waals surface area contributed by atoms with Crippen molar-refractivity contribution >= 4 is 38.9 Å². The van der Waals surface area contributed by atoms with Gasteiger partial charge in [-0.15, -0.1) is 11.3 Å². The molecule has 0 aromatic carbocycles. The first-order valence-corrected chi connectivity index (χ1v) is 6.13. The van der Waals surface area contributed by atoms with E-state index in [1.54, 1.807) is 11.3 Å². The van der Waals surface area contributed by atoms with Crippen molar-refractivity contribution in [2.75, 3.05) is 0 Å². The van der Waals surface area contributed by atoms with Crippen LogP contribution >= 0.6 is 38.9 Å². The van der Waals surface area contributed by atoms with Crippen molar-refractivity contribution in [3.05, 3.63) is 19.8 Å². The summed E-state index contributed by atoms with van der Waals surface area (Å²) in [6, 6.07) is 2.38. The molecule has 13 heavy (non-hydrogen) atoms. The summed E-state index contributed by atoms with van der Waals surface area (Å²) in [6.45, 7) is 4.40.